The number of rotatable bonds is 1. The first-order valence-corrected chi connectivity index (χ1v) is 6.91. The van der Waals surface area contributed by atoms with Gasteiger partial charge in [0.25, 0.3) is 9.84 Å². The van der Waals surface area contributed by atoms with Crippen LogP contribution in [0.5, 0.6) is 0 Å². The van der Waals surface area contributed by atoms with Crippen LogP contribution in [0.1, 0.15) is 30.0 Å². The molecule has 18 heavy (non-hydrogen) atoms. The van der Waals surface area contributed by atoms with E-state index < -0.39 is 20.2 Å². The summed E-state index contributed by atoms with van der Waals surface area (Å²) in [7, 11) is -5.27. The highest BCUT2D eigenvalue weighted by atomic mass is 32.2. The van der Waals surface area contributed by atoms with Crippen LogP contribution in [0.2, 0.25) is 0 Å². The van der Waals surface area contributed by atoms with Crippen molar-refractivity contribution in [3.8, 4) is 0 Å². The number of alkyl halides is 3. The highest BCUT2D eigenvalue weighted by molar-refractivity contribution is 7.92. The summed E-state index contributed by atoms with van der Waals surface area (Å²) in [4.78, 5) is -0.706. The van der Waals surface area contributed by atoms with Crippen LogP contribution in [0.25, 0.3) is 0 Å². The lowest BCUT2D eigenvalue weighted by Crippen LogP contribution is -2.24. The summed E-state index contributed by atoms with van der Waals surface area (Å²) in [5, 5.41) is 0. The Hall–Kier alpha value is -1.08. The molecule has 0 fully saturated rings. The summed E-state index contributed by atoms with van der Waals surface area (Å²) < 4.78 is 59.8. The van der Waals surface area contributed by atoms with E-state index in [1.54, 1.807) is 0 Å². The quantitative estimate of drug-likeness (QED) is 0.858. The molecule has 1 aromatic carbocycles. The molecule has 1 aliphatic carbocycles. The first-order valence-electron chi connectivity index (χ1n) is 5.43. The van der Waals surface area contributed by atoms with Crippen LogP contribution < -0.4 is 5.73 Å². The molecule has 1 aromatic rings. The van der Waals surface area contributed by atoms with Gasteiger partial charge < -0.3 is 5.73 Å². The van der Waals surface area contributed by atoms with E-state index in [0.29, 0.717) is 12.0 Å². The largest absolute Gasteiger partial charge is 0.501 e. The SMILES string of the molecule is NC1CCCc2cc(S(=O)(=O)C(F)(F)F)ccc21. The Morgan fingerprint density at radius 2 is 1.94 bits per heavy atom. The van der Waals surface area contributed by atoms with Crippen LogP contribution in [0, 0.1) is 0 Å². The summed E-state index contributed by atoms with van der Waals surface area (Å²) in [5.74, 6) is 0. The van der Waals surface area contributed by atoms with Crippen LogP contribution in [0.4, 0.5) is 13.2 Å². The molecule has 0 heterocycles. The zero-order valence-electron chi connectivity index (χ0n) is 9.37. The molecule has 0 amide bonds. The van der Waals surface area contributed by atoms with Crippen LogP contribution in [-0.2, 0) is 16.3 Å². The van der Waals surface area contributed by atoms with E-state index in [2.05, 4.69) is 0 Å². The van der Waals surface area contributed by atoms with E-state index in [1.165, 1.54) is 6.07 Å². The highest BCUT2D eigenvalue weighted by Gasteiger charge is 2.47. The second kappa shape index (κ2) is 4.24. The molecule has 1 unspecified atom stereocenters. The minimum absolute atomic E-state index is 0.226. The molecule has 100 valence electrons. The topological polar surface area (TPSA) is 60.2 Å². The highest BCUT2D eigenvalue weighted by Crippen LogP contribution is 2.34. The van der Waals surface area contributed by atoms with Gasteiger partial charge in [0.05, 0.1) is 4.90 Å². The lowest BCUT2D eigenvalue weighted by atomic mass is 9.88. The molecule has 2 rings (SSSR count). The van der Waals surface area contributed by atoms with Crippen LogP contribution in [0.15, 0.2) is 23.1 Å². The zero-order valence-corrected chi connectivity index (χ0v) is 10.2. The predicted octanol–water partition coefficient (Wildman–Crippen LogP) is 2.32. The van der Waals surface area contributed by atoms with Crippen LogP contribution in [0.3, 0.4) is 0 Å². The molecule has 0 saturated carbocycles. The summed E-state index contributed by atoms with van der Waals surface area (Å²) in [6, 6.07) is 3.23. The average Bonchev–Trinajstić information content (AvgIpc) is 2.27. The van der Waals surface area contributed by atoms with E-state index in [1.807, 2.05) is 0 Å². The van der Waals surface area contributed by atoms with Crippen molar-refractivity contribution < 1.29 is 21.6 Å². The lowest BCUT2D eigenvalue weighted by molar-refractivity contribution is -0.0436. The number of hydrogen-bond donors (Lipinski definition) is 1. The van der Waals surface area contributed by atoms with Gasteiger partial charge in [0.15, 0.2) is 0 Å². The third-order valence-electron chi connectivity index (χ3n) is 3.09. The predicted molar refractivity (Wildman–Crippen MR) is 59.5 cm³/mol. The molecule has 1 aliphatic rings. The number of hydrogen-bond acceptors (Lipinski definition) is 3. The van der Waals surface area contributed by atoms with E-state index >= 15 is 0 Å². The second-order valence-corrected chi connectivity index (χ2v) is 6.25. The second-order valence-electron chi connectivity index (χ2n) is 4.31. The Kier molecular flexibility index (Phi) is 3.14. The van der Waals surface area contributed by atoms with Crippen molar-refractivity contribution in [1.29, 1.82) is 0 Å². The van der Waals surface area contributed by atoms with Crippen molar-refractivity contribution in [2.75, 3.05) is 0 Å². The Balaban J connectivity index is 2.50. The average molecular weight is 279 g/mol. The van der Waals surface area contributed by atoms with Crippen molar-refractivity contribution in [3.05, 3.63) is 29.3 Å². The van der Waals surface area contributed by atoms with Crippen molar-refractivity contribution in [2.24, 2.45) is 5.73 Å². The first-order chi connectivity index (χ1) is 8.23. The van der Waals surface area contributed by atoms with Gasteiger partial charge >= 0.3 is 5.51 Å². The van der Waals surface area contributed by atoms with Gasteiger partial charge in [-0.15, -0.1) is 0 Å². The number of benzene rings is 1. The van der Waals surface area contributed by atoms with Gasteiger partial charge in [-0.05, 0) is 42.5 Å². The van der Waals surface area contributed by atoms with E-state index in [9.17, 15) is 21.6 Å². The molecule has 0 spiro atoms. The van der Waals surface area contributed by atoms with Crippen molar-refractivity contribution >= 4 is 9.84 Å². The molecule has 0 aliphatic heterocycles. The monoisotopic (exact) mass is 279 g/mol. The van der Waals surface area contributed by atoms with E-state index in [-0.39, 0.29) is 6.04 Å². The third kappa shape index (κ3) is 2.12. The Bertz CT molecular complexity index is 566. The molecule has 7 heteroatoms. The summed E-state index contributed by atoms with van der Waals surface area (Å²) >= 11 is 0. The maximum absolute atomic E-state index is 12.4. The van der Waals surface area contributed by atoms with Gasteiger partial charge in [-0.2, -0.15) is 13.2 Å². The van der Waals surface area contributed by atoms with Gasteiger partial charge in [0.2, 0.25) is 0 Å². The number of fused-ring (bicyclic) bond motifs is 1. The summed E-state index contributed by atoms with van der Waals surface area (Å²) in [5.41, 5.74) is 1.89. The van der Waals surface area contributed by atoms with Crippen molar-refractivity contribution in [3.63, 3.8) is 0 Å². The third-order valence-corrected chi connectivity index (χ3v) is 4.57. The number of halogens is 3. The Morgan fingerprint density at radius 1 is 1.28 bits per heavy atom. The molecule has 0 saturated heterocycles. The van der Waals surface area contributed by atoms with Crippen LogP contribution >= 0.6 is 0 Å². The maximum Gasteiger partial charge on any atom is 0.501 e. The van der Waals surface area contributed by atoms with Gasteiger partial charge in [0.1, 0.15) is 0 Å². The van der Waals surface area contributed by atoms with Crippen molar-refractivity contribution in [1.82, 2.24) is 0 Å². The fourth-order valence-corrected chi connectivity index (χ4v) is 2.94. The fourth-order valence-electron chi connectivity index (χ4n) is 2.13. The molecule has 2 N–H and O–H groups in total. The van der Waals surface area contributed by atoms with Crippen molar-refractivity contribution in [2.45, 2.75) is 35.7 Å². The Labute approximate surface area is 103 Å². The smallest absolute Gasteiger partial charge is 0.324 e. The lowest BCUT2D eigenvalue weighted by Gasteiger charge is -2.22. The summed E-state index contributed by atoms with van der Waals surface area (Å²) in [6.45, 7) is 0. The van der Waals surface area contributed by atoms with E-state index in [0.717, 1.165) is 30.5 Å². The first kappa shape index (κ1) is 13.4. The molecular weight excluding hydrogens is 267 g/mol. The summed E-state index contributed by atoms with van der Waals surface area (Å²) in [6.07, 6.45) is 2.08. The number of nitrogens with two attached hydrogens (primary N) is 1. The molecular formula is C11H12F3NO2S. The normalized spacial score (nSPS) is 20.6. The maximum atomic E-state index is 12.4. The van der Waals surface area contributed by atoms with Gasteiger partial charge in [-0.25, -0.2) is 8.42 Å². The number of sulfone groups is 1. The standard InChI is InChI=1S/C11H12F3NO2S/c12-11(13,14)18(16,17)8-4-5-9-7(6-8)2-1-3-10(9)15/h4-6,10H,1-3,15H2. The van der Waals surface area contributed by atoms with E-state index in [4.69, 9.17) is 5.73 Å². The van der Waals surface area contributed by atoms with Gasteiger partial charge in [0, 0.05) is 6.04 Å². The molecule has 0 bridgehead atoms. The fraction of sp³-hybridized carbons (Fsp3) is 0.455. The molecule has 0 radical (unpaired) electrons. The minimum Gasteiger partial charge on any atom is -0.324 e. The number of aryl methyl sites for hydroxylation is 1. The van der Waals surface area contributed by atoms with Gasteiger partial charge in [-0.1, -0.05) is 6.07 Å². The van der Waals surface area contributed by atoms with Crippen LogP contribution in [-0.4, -0.2) is 13.9 Å². The molecule has 0 aromatic heterocycles. The minimum atomic E-state index is -5.27. The molecule has 1 atom stereocenters. The Morgan fingerprint density at radius 3 is 2.56 bits per heavy atom. The van der Waals surface area contributed by atoms with Gasteiger partial charge in [-0.3, -0.25) is 0 Å². The zero-order chi connectivity index (χ0) is 13.6. The molecule has 3 nitrogen and oxygen atoms in total.